The van der Waals surface area contributed by atoms with Crippen molar-refractivity contribution in [1.29, 1.82) is 0 Å². The van der Waals surface area contributed by atoms with Crippen LogP contribution in [0.25, 0.3) is 0 Å². The Kier molecular flexibility index (Phi) is 3.71. The number of imidazole rings is 1. The van der Waals surface area contributed by atoms with Gasteiger partial charge in [0.2, 0.25) is 0 Å². The topological polar surface area (TPSA) is 27.1 Å². The second-order valence-electron chi connectivity index (χ2n) is 3.70. The van der Waals surface area contributed by atoms with Gasteiger partial charge in [-0.1, -0.05) is 23.7 Å². The van der Waals surface area contributed by atoms with E-state index in [0.717, 1.165) is 6.07 Å². The van der Waals surface area contributed by atoms with Gasteiger partial charge in [0.25, 0.3) is 0 Å². The molecule has 0 spiro atoms. The molecule has 0 saturated carbocycles. The van der Waals surface area contributed by atoms with Gasteiger partial charge < -0.3 is 4.74 Å². The number of aromatic nitrogens is 2. The Balaban J connectivity index is 2.39. The van der Waals surface area contributed by atoms with Gasteiger partial charge in [0.05, 0.1) is 11.8 Å². The molecule has 2 aromatic rings. The molecule has 0 bridgehead atoms. The Morgan fingerprint density at radius 3 is 2.63 bits per heavy atom. The van der Waals surface area contributed by atoms with Gasteiger partial charge in [0, 0.05) is 6.54 Å². The highest BCUT2D eigenvalue weighted by Gasteiger charge is 2.34. The smallest absolute Gasteiger partial charge is 0.419 e. The molecule has 1 heterocycles. The molecule has 102 valence electrons. The second-order valence-corrected chi connectivity index (χ2v) is 4.09. The SMILES string of the molecule is CCn1c(Cl)cnc1Oc1ccccc1C(F)(F)F. The zero-order valence-electron chi connectivity index (χ0n) is 9.91. The molecule has 7 heteroatoms. The molecule has 0 aliphatic rings. The van der Waals surface area contributed by atoms with Gasteiger partial charge in [0.1, 0.15) is 10.9 Å². The van der Waals surface area contributed by atoms with E-state index in [2.05, 4.69) is 4.98 Å². The van der Waals surface area contributed by atoms with Gasteiger partial charge in [0.15, 0.2) is 0 Å². The number of hydrogen-bond donors (Lipinski definition) is 0. The zero-order chi connectivity index (χ0) is 14.0. The van der Waals surface area contributed by atoms with Gasteiger partial charge >= 0.3 is 12.2 Å². The van der Waals surface area contributed by atoms with E-state index in [0.29, 0.717) is 11.7 Å². The molecular formula is C12H10ClF3N2O. The maximum absolute atomic E-state index is 12.8. The molecule has 0 amide bonds. The third kappa shape index (κ3) is 2.84. The number of halogens is 4. The summed E-state index contributed by atoms with van der Waals surface area (Å²) in [6, 6.07) is 4.99. The lowest BCUT2D eigenvalue weighted by molar-refractivity contribution is -0.138. The van der Waals surface area contributed by atoms with Crippen LogP contribution in [0.3, 0.4) is 0 Å². The summed E-state index contributed by atoms with van der Waals surface area (Å²) in [5.41, 5.74) is -0.850. The van der Waals surface area contributed by atoms with Crippen LogP contribution in [0.4, 0.5) is 13.2 Å². The van der Waals surface area contributed by atoms with Crippen molar-refractivity contribution in [2.24, 2.45) is 0 Å². The lowest BCUT2D eigenvalue weighted by atomic mass is 10.2. The second kappa shape index (κ2) is 5.13. The minimum atomic E-state index is -4.48. The summed E-state index contributed by atoms with van der Waals surface area (Å²) in [6.45, 7) is 2.23. The number of hydrogen-bond acceptors (Lipinski definition) is 2. The summed E-state index contributed by atoms with van der Waals surface area (Å²) in [5.74, 6) is -0.299. The number of para-hydroxylation sites is 1. The average molecular weight is 291 g/mol. The molecule has 0 aliphatic heterocycles. The monoisotopic (exact) mass is 290 g/mol. The van der Waals surface area contributed by atoms with Gasteiger partial charge in [-0.15, -0.1) is 0 Å². The molecule has 1 aromatic carbocycles. The Bertz CT molecular complexity index is 581. The quantitative estimate of drug-likeness (QED) is 0.839. The molecule has 0 unspecified atom stereocenters. The molecule has 1 aromatic heterocycles. The summed E-state index contributed by atoms with van der Waals surface area (Å²) in [6.07, 6.45) is -3.15. The fraction of sp³-hybridized carbons (Fsp3) is 0.250. The van der Waals surface area contributed by atoms with Gasteiger partial charge in [-0.05, 0) is 19.1 Å². The van der Waals surface area contributed by atoms with E-state index in [1.807, 2.05) is 0 Å². The number of rotatable bonds is 3. The predicted molar refractivity (Wildman–Crippen MR) is 64.4 cm³/mol. The van der Waals surface area contributed by atoms with Gasteiger partial charge in [-0.25, -0.2) is 4.98 Å². The number of ether oxygens (including phenoxy) is 1. The maximum atomic E-state index is 12.8. The van der Waals surface area contributed by atoms with Gasteiger partial charge in [-0.3, -0.25) is 4.57 Å². The van der Waals surface area contributed by atoms with E-state index in [1.165, 1.54) is 29.0 Å². The predicted octanol–water partition coefficient (Wildman–Crippen LogP) is 4.37. The first-order valence-electron chi connectivity index (χ1n) is 5.48. The molecule has 0 aliphatic carbocycles. The lowest BCUT2D eigenvalue weighted by Gasteiger charge is -2.13. The Morgan fingerprint density at radius 1 is 1.32 bits per heavy atom. The van der Waals surface area contributed by atoms with Crippen molar-refractivity contribution in [2.75, 3.05) is 0 Å². The van der Waals surface area contributed by atoms with Crippen LogP contribution in [0.2, 0.25) is 5.15 Å². The van der Waals surface area contributed by atoms with Crippen molar-refractivity contribution in [2.45, 2.75) is 19.6 Å². The Hall–Kier alpha value is -1.69. The first kappa shape index (κ1) is 13.7. The summed E-state index contributed by atoms with van der Waals surface area (Å²) in [4.78, 5) is 3.85. The highest BCUT2D eigenvalue weighted by atomic mass is 35.5. The van der Waals surface area contributed by atoms with Crippen LogP contribution < -0.4 is 4.74 Å². The molecule has 2 rings (SSSR count). The first-order valence-corrected chi connectivity index (χ1v) is 5.86. The van der Waals surface area contributed by atoms with E-state index >= 15 is 0 Å². The van der Waals surface area contributed by atoms with E-state index in [-0.39, 0.29) is 11.8 Å². The van der Waals surface area contributed by atoms with Crippen molar-refractivity contribution in [3.63, 3.8) is 0 Å². The Morgan fingerprint density at radius 2 is 2.00 bits per heavy atom. The molecule has 0 saturated heterocycles. The van der Waals surface area contributed by atoms with Crippen molar-refractivity contribution in [3.05, 3.63) is 41.2 Å². The molecule has 3 nitrogen and oxygen atoms in total. The summed E-state index contributed by atoms with van der Waals surface area (Å²) >= 11 is 5.84. The van der Waals surface area contributed by atoms with Crippen LogP contribution in [0.15, 0.2) is 30.5 Å². The number of nitrogens with zero attached hydrogens (tertiary/aromatic N) is 2. The van der Waals surface area contributed by atoms with Crippen LogP contribution in [-0.4, -0.2) is 9.55 Å². The van der Waals surface area contributed by atoms with Gasteiger partial charge in [-0.2, -0.15) is 13.2 Å². The Labute approximate surface area is 112 Å². The summed E-state index contributed by atoms with van der Waals surface area (Å²) in [5, 5.41) is 0.307. The van der Waals surface area contributed by atoms with Crippen LogP contribution in [0.5, 0.6) is 11.8 Å². The zero-order valence-corrected chi connectivity index (χ0v) is 10.7. The lowest BCUT2D eigenvalue weighted by Crippen LogP contribution is -2.08. The van der Waals surface area contributed by atoms with E-state index in [1.54, 1.807) is 6.92 Å². The maximum Gasteiger partial charge on any atom is 0.419 e. The fourth-order valence-electron chi connectivity index (χ4n) is 1.60. The van der Waals surface area contributed by atoms with E-state index < -0.39 is 11.7 Å². The van der Waals surface area contributed by atoms with Crippen LogP contribution in [-0.2, 0) is 12.7 Å². The average Bonchev–Trinajstić information content (AvgIpc) is 2.69. The molecule has 0 atom stereocenters. The van der Waals surface area contributed by atoms with Crippen LogP contribution in [0, 0.1) is 0 Å². The standard InChI is InChI=1S/C12H10ClF3N2O/c1-2-18-10(13)7-17-11(18)19-9-6-4-3-5-8(9)12(14,15)16/h3-7H,2H2,1H3. The van der Waals surface area contributed by atoms with Crippen LogP contribution >= 0.6 is 11.6 Å². The van der Waals surface area contributed by atoms with Crippen molar-refractivity contribution in [1.82, 2.24) is 9.55 Å². The molecule has 0 radical (unpaired) electrons. The van der Waals surface area contributed by atoms with E-state index in [9.17, 15) is 13.2 Å². The highest BCUT2D eigenvalue weighted by Crippen LogP contribution is 2.37. The largest absolute Gasteiger partial charge is 0.425 e. The highest BCUT2D eigenvalue weighted by molar-refractivity contribution is 6.29. The first-order chi connectivity index (χ1) is 8.93. The third-order valence-corrected chi connectivity index (χ3v) is 2.78. The van der Waals surface area contributed by atoms with E-state index in [4.69, 9.17) is 16.3 Å². The third-order valence-electron chi connectivity index (χ3n) is 2.48. The fourth-order valence-corrected chi connectivity index (χ4v) is 1.84. The van der Waals surface area contributed by atoms with Crippen molar-refractivity contribution < 1.29 is 17.9 Å². The van der Waals surface area contributed by atoms with Crippen molar-refractivity contribution >= 4 is 11.6 Å². The molecule has 0 fully saturated rings. The van der Waals surface area contributed by atoms with Crippen molar-refractivity contribution in [3.8, 4) is 11.8 Å². The normalized spacial score (nSPS) is 11.6. The number of alkyl halides is 3. The molecular weight excluding hydrogens is 281 g/mol. The minimum Gasteiger partial charge on any atom is -0.425 e. The summed E-state index contributed by atoms with van der Waals surface area (Å²) in [7, 11) is 0. The number of benzene rings is 1. The van der Waals surface area contributed by atoms with Crippen LogP contribution in [0.1, 0.15) is 12.5 Å². The molecule has 19 heavy (non-hydrogen) atoms. The summed E-state index contributed by atoms with van der Waals surface area (Å²) < 4.78 is 45.1. The minimum absolute atomic E-state index is 0.0317. The molecule has 0 N–H and O–H groups in total.